The molecular weight excluding hydrogens is 268 g/mol. The summed E-state index contributed by atoms with van der Waals surface area (Å²) in [7, 11) is 0. The fourth-order valence-corrected chi connectivity index (χ4v) is 2.36. The summed E-state index contributed by atoms with van der Waals surface area (Å²) in [4.78, 5) is 12.2. The van der Waals surface area contributed by atoms with Gasteiger partial charge in [-0.3, -0.25) is 9.36 Å². The molecule has 0 spiro atoms. The van der Waals surface area contributed by atoms with Gasteiger partial charge in [-0.15, -0.1) is 10.2 Å². The van der Waals surface area contributed by atoms with E-state index < -0.39 is 0 Å². The second-order valence-electron chi connectivity index (χ2n) is 5.71. The summed E-state index contributed by atoms with van der Waals surface area (Å²) in [6, 6.07) is 7.35. The van der Waals surface area contributed by atoms with Crippen molar-refractivity contribution in [2.45, 2.75) is 13.3 Å². The Kier molecular flexibility index (Phi) is 3.70. The second-order valence-corrected chi connectivity index (χ2v) is 5.71. The molecule has 2 aromatic rings. The van der Waals surface area contributed by atoms with Gasteiger partial charge in [-0.2, -0.15) is 0 Å². The van der Waals surface area contributed by atoms with Crippen molar-refractivity contribution in [1.82, 2.24) is 20.1 Å². The molecule has 110 valence electrons. The molecule has 6 nitrogen and oxygen atoms in total. The number of nitrogens with zero attached hydrogens (tertiary/aromatic N) is 3. The second kappa shape index (κ2) is 5.65. The third kappa shape index (κ3) is 3.11. The highest BCUT2D eigenvalue weighted by Gasteiger charge is 2.30. The molecule has 6 heteroatoms. The van der Waals surface area contributed by atoms with Gasteiger partial charge in [-0.25, -0.2) is 0 Å². The van der Waals surface area contributed by atoms with Gasteiger partial charge in [-0.1, -0.05) is 6.92 Å². The molecule has 21 heavy (non-hydrogen) atoms. The van der Waals surface area contributed by atoms with E-state index in [0.29, 0.717) is 18.7 Å². The van der Waals surface area contributed by atoms with Crippen LogP contribution in [-0.4, -0.2) is 40.4 Å². The maximum absolute atomic E-state index is 12.2. The molecular formula is C15H18N4O2. The first-order chi connectivity index (χ1) is 10.2. The van der Waals surface area contributed by atoms with Crippen LogP contribution in [0.1, 0.15) is 23.7 Å². The largest absolute Gasteiger partial charge is 0.381 e. The van der Waals surface area contributed by atoms with Gasteiger partial charge >= 0.3 is 0 Å². The molecule has 1 unspecified atom stereocenters. The first-order valence-corrected chi connectivity index (χ1v) is 6.97. The van der Waals surface area contributed by atoms with Crippen molar-refractivity contribution >= 4 is 5.91 Å². The van der Waals surface area contributed by atoms with Gasteiger partial charge in [0.1, 0.15) is 12.7 Å². The standard InChI is InChI=1S/C15H18N4O2/c1-15(6-7-21-9-15)8-16-14(20)12-2-4-13(5-3-12)19-10-17-18-11-19/h2-5,10-11H,6-9H2,1H3,(H,16,20). The molecule has 1 N–H and O–H groups in total. The van der Waals surface area contributed by atoms with Crippen LogP contribution >= 0.6 is 0 Å². The number of aromatic nitrogens is 3. The number of carbonyl (C=O) groups is 1. The first-order valence-electron chi connectivity index (χ1n) is 6.97. The Balaban J connectivity index is 1.62. The number of benzene rings is 1. The van der Waals surface area contributed by atoms with Crippen molar-refractivity contribution in [2.75, 3.05) is 19.8 Å². The lowest BCUT2D eigenvalue weighted by molar-refractivity contribution is 0.0925. The molecule has 1 aromatic carbocycles. The van der Waals surface area contributed by atoms with E-state index >= 15 is 0 Å². The summed E-state index contributed by atoms with van der Waals surface area (Å²) in [6.45, 7) is 4.26. The van der Waals surface area contributed by atoms with Crippen molar-refractivity contribution in [1.29, 1.82) is 0 Å². The fraction of sp³-hybridized carbons (Fsp3) is 0.400. The van der Waals surface area contributed by atoms with Gasteiger partial charge in [0.05, 0.1) is 6.61 Å². The van der Waals surface area contributed by atoms with Crippen LogP contribution < -0.4 is 5.32 Å². The van der Waals surface area contributed by atoms with Crippen LogP contribution in [0.3, 0.4) is 0 Å². The molecule has 0 aliphatic carbocycles. The lowest BCUT2D eigenvalue weighted by atomic mass is 9.90. The number of hydrogen-bond donors (Lipinski definition) is 1. The van der Waals surface area contributed by atoms with E-state index in [4.69, 9.17) is 4.74 Å². The third-order valence-electron chi connectivity index (χ3n) is 3.82. The van der Waals surface area contributed by atoms with Gasteiger partial charge in [0, 0.05) is 29.8 Å². The normalized spacial score (nSPS) is 21.4. The zero-order valence-electron chi connectivity index (χ0n) is 12.0. The van der Waals surface area contributed by atoms with E-state index in [-0.39, 0.29) is 11.3 Å². The van der Waals surface area contributed by atoms with Gasteiger partial charge in [-0.05, 0) is 30.7 Å². The van der Waals surface area contributed by atoms with Crippen LogP contribution in [0.5, 0.6) is 0 Å². The number of carbonyl (C=O) groups excluding carboxylic acids is 1. The molecule has 1 aliphatic heterocycles. The number of amides is 1. The predicted molar refractivity (Wildman–Crippen MR) is 77.2 cm³/mol. The highest BCUT2D eigenvalue weighted by molar-refractivity contribution is 5.94. The fourth-order valence-electron chi connectivity index (χ4n) is 2.36. The van der Waals surface area contributed by atoms with Crippen LogP contribution in [0, 0.1) is 5.41 Å². The van der Waals surface area contributed by atoms with Crippen molar-refractivity contribution in [2.24, 2.45) is 5.41 Å². The monoisotopic (exact) mass is 286 g/mol. The zero-order chi connectivity index (χ0) is 14.7. The smallest absolute Gasteiger partial charge is 0.251 e. The lowest BCUT2D eigenvalue weighted by Gasteiger charge is -2.21. The molecule has 1 amide bonds. The van der Waals surface area contributed by atoms with Crippen LogP contribution in [0.4, 0.5) is 0 Å². The summed E-state index contributed by atoms with van der Waals surface area (Å²) in [5.41, 5.74) is 1.62. The summed E-state index contributed by atoms with van der Waals surface area (Å²) in [5, 5.41) is 10.5. The Hall–Kier alpha value is -2.21. The lowest BCUT2D eigenvalue weighted by Crippen LogP contribution is -2.36. The Morgan fingerprint density at radius 3 is 2.67 bits per heavy atom. The molecule has 1 atom stereocenters. The molecule has 1 aliphatic rings. The highest BCUT2D eigenvalue weighted by Crippen LogP contribution is 2.26. The van der Waals surface area contributed by atoms with Gasteiger partial charge in [0.2, 0.25) is 0 Å². The van der Waals surface area contributed by atoms with Gasteiger partial charge < -0.3 is 10.1 Å². The summed E-state index contributed by atoms with van der Waals surface area (Å²) in [5.74, 6) is -0.0570. The number of nitrogens with one attached hydrogen (secondary N) is 1. The highest BCUT2D eigenvalue weighted by atomic mass is 16.5. The minimum Gasteiger partial charge on any atom is -0.381 e. The van der Waals surface area contributed by atoms with Crippen molar-refractivity contribution in [3.63, 3.8) is 0 Å². The number of rotatable bonds is 4. The van der Waals surface area contributed by atoms with E-state index in [1.54, 1.807) is 29.4 Å². The average molecular weight is 286 g/mol. The quantitative estimate of drug-likeness (QED) is 0.923. The molecule has 0 saturated carbocycles. The maximum atomic E-state index is 12.2. The van der Waals surface area contributed by atoms with Gasteiger partial charge in [0.25, 0.3) is 5.91 Å². The molecule has 3 rings (SSSR count). The minimum atomic E-state index is -0.0570. The predicted octanol–water partition coefficient (Wildman–Crippen LogP) is 1.42. The van der Waals surface area contributed by atoms with E-state index in [1.807, 2.05) is 12.1 Å². The summed E-state index contributed by atoms with van der Waals surface area (Å²) >= 11 is 0. The van der Waals surface area contributed by atoms with E-state index in [9.17, 15) is 4.79 Å². The Bertz CT molecular complexity index is 601. The molecule has 0 radical (unpaired) electrons. The molecule has 1 fully saturated rings. The topological polar surface area (TPSA) is 69.0 Å². The van der Waals surface area contributed by atoms with Gasteiger partial charge in [0.15, 0.2) is 0 Å². The van der Waals surface area contributed by atoms with Crippen LogP contribution in [0.25, 0.3) is 5.69 Å². The number of ether oxygens (including phenoxy) is 1. The van der Waals surface area contributed by atoms with Crippen molar-refractivity contribution in [3.05, 3.63) is 42.5 Å². The minimum absolute atomic E-state index is 0.0537. The Labute approximate surface area is 123 Å². The summed E-state index contributed by atoms with van der Waals surface area (Å²) in [6.07, 6.45) is 4.23. The van der Waals surface area contributed by atoms with Crippen LogP contribution in [0.15, 0.2) is 36.9 Å². The molecule has 1 aromatic heterocycles. The first kappa shape index (κ1) is 13.8. The number of hydrogen-bond acceptors (Lipinski definition) is 4. The Morgan fingerprint density at radius 2 is 2.05 bits per heavy atom. The van der Waals surface area contributed by atoms with E-state index in [2.05, 4.69) is 22.4 Å². The van der Waals surface area contributed by atoms with E-state index in [0.717, 1.165) is 18.7 Å². The van der Waals surface area contributed by atoms with Crippen LogP contribution in [0.2, 0.25) is 0 Å². The third-order valence-corrected chi connectivity index (χ3v) is 3.82. The summed E-state index contributed by atoms with van der Waals surface area (Å²) < 4.78 is 7.18. The molecule has 2 heterocycles. The van der Waals surface area contributed by atoms with Crippen molar-refractivity contribution < 1.29 is 9.53 Å². The van der Waals surface area contributed by atoms with Crippen LogP contribution in [-0.2, 0) is 4.74 Å². The van der Waals surface area contributed by atoms with E-state index in [1.165, 1.54) is 0 Å². The SMILES string of the molecule is CC1(CNC(=O)c2ccc(-n3cnnc3)cc2)CCOC1. The average Bonchev–Trinajstić information content (AvgIpc) is 3.17. The van der Waals surface area contributed by atoms with Crippen molar-refractivity contribution in [3.8, 4) is 5.69 Å². The molecule has 1 saturated heterocycles. The Morgan fingerprint density at radius 1 is 1.33 bits per heavy atom. The maximum Gasteiger partial charge on any atom is 0.251 e. The zero-order valence-corrected chi connectivity index (χ0v) is 12.0. The molecule has 0 bridgehead atoms.